The molecule has 0 aliphatic rings. The molecule has 0 radical (unpaired) electrons. The van der Waals surface area contributed by atoms with Gasteiger partial charge in [0.15, 0.2) is 0 Å². The van der Waals surface area contributed by atoms with E-state index in [9.17, 15) is 29.3 Å². The summed E-state index contributed by atoms with van der Waals surface area (Å²) in [7, 11) is 0. The minimum absolute atomic E-state index is 0.0824. The minimum atomic E-state index is -1.21. The Morgan fingerprint density at radius 2 is 1.46 bits per heavy atom. The third kappa shape index (κ3) is 8.96. The molecule has 0 heterocycles. The van der Waals surface area contributed by atoms with E-state index in [-0.39, 0.29) is 23.9 Å². The monoisotopic (exact) mass is 493 g/mol. The lowest BCUT2D eigenvalue weighted by atomic mass is 9.96. The number of carboxylic acids is 1. The van der Waals surface area contributed by atoms with E-state index < -0.39 is 52.8 Å². The molecule has 12 heteroatoms. The average molecular weight is 494 g/mol. The first-order chi connectivity index (χ1) is 16.3. The van der Waals surface area contributed by atoms with Crippen LogP contribution in [-0.2, 0) is 25.6 Å². The van der Waals surface area contributed by atoms with Crippen molar-refractivity contribution in [3.8, 4) is 0 Å². The lowest BCUT2D eigenvalue weighted by Crippen LogP contribution is -2.59. The number of carboxylic acid groups (broad SMARTS) is 1. The van der Waals surface area contributed by atoms with Gasteiger partial charge >= 0.3 is 5.97 Å². The minimum Gasteiger partial charge on any atom is -0.480 e. The van der Waals surface area contributed by atoms with E-state index in [1.54, 1.807) is 20.8 Å². The zero-order chi connectivity index (χ0) is 26.9. The SMILES string of the molecule is CC[C@H](C)[C@H](NC(=O)[C@@H](NC(=O)[C@@H](N)Cc1ccc([N+](=O)[O-])cc1)C(C)C)C(=O)N[C@@H](C)C(=O)O. The fourth-order valence-corrected chi connectivity index (χ4v) is 3.21. The molecule has 0 spiro atoms. The second-order valence-electron chi connectivity index (χ2n) is 8.90. The van der Waals surface area contributed by atoms with Crippen LogP contribution in [0.1, 0.15) is 46.6 Å². The number of benzene rings is 1. The van der Waals surface area contributed by atoms with Crippen LogP contribution < -0.4 is 21.7 Å². The fraction of sp³-hybridized carbons (Fsp3) is 0.565. The molecule has 1 aromatic carbocycles. The molecule has 35 heavy (non-hydrogen) atoms. The molecule has 0 aliphatic carbocycles. The number of aliphatic carboxylic acids is 1. The maximum absolute atomic E-state index is 13.0. The van der Waals surface area contributed by atoms with Crippen molar-refractivity contribution in [2.24, 2.45) is 17.6 Å². The molecule has 0 saturated heterocycles. The van der Waals surface area contributed by atoms with Gasteiger partial charge < -0.3 is 26.8 Å². The summed E-state index contributed by atoms with van der Waals surface area (Å²) in [4.78, 5) is 59.7. The number of non-ortho nitro benzene ring substituents is 1. The highest BCUT2D eigenvalue weighted by Crippen LogP contribution is 2.14. The van der Waals surface area contributed by atoms with Crippen molar-refractivity contribution in [2.45, 2.75) is 71.6 Å². The number of rotatable bonds is 13. The molecule has 0 aromatic heterocycles. The summed E-state index contributed by atoms with van der Waals surface area (Å²) in [6, 6.07) is 1.49. The maximum Gasteiger partial charge on any atom is 0.325 e. The Morgan fingerprint density at radius 3 is 1.91 bits per heavy atom. The smallest absolute Gasteiger partial charge is 0.325 e. The van der Waals surface area contributed by atoms with E-state index >= 15 is 0 Å². The van der Waals surface area contributed by atoms with Crippen LogP contribution in [0.25, 0.3) is 0 Å². The standard InChI is InChI=1S/C23H35N5O7/c1-6-13(4)19(22(31)25-14(5)23(32)33)27-21(30)18(12(2)3)26-20(29)17(24)11-15-7-9-16(10-8-15)28(34)35/h7-10,12-14,17-19H,6,11,24H2,1-5H3,(H,25,31)(H,26,29)(H,27,30)(H,32,33)/t13-,14-,17-,18-,19-/m0/s1. The molecule has 6 N–H and O–H groups in total. The highest BCUT2D eigenvalue weighted by atomic mass is 16.6. The fourth-order valence-electron chi connectivity index (χ4n) is 3.21. The number of nitro benzene ring substituents is 1. The zero-order valence-electron chi connectivity index (χ0n) is 20.6. The van der Waals surface area contributed by atoms with Crippen molar-refractivity contribution in [1.82, 2.24) is 16.0 Å². The first-order valence-electron chi connectivity index (χ1n) is 11.4. The molecular weight excluding hydrogens is 458 g/mol. The van der Waals surface area contributed by atoms with E-state index in [1.807, 2.05) is 6.92 Å². The predicted molar refractivity (Wildman–Crippen MR) is 128 cm³/mol. The molecule has 1 rings (SSSR count). The molecule has 0 bridgehead atoms. The second-order valence-corrected chi connectivity index (χ2v) is 8.90. The van der Waals surface area contributed by atoms with Gasteiger partial charge in [0.2, 0.25) is 17.7 Å². The second kappa shape index (κ2) is 13.4. The van der Waals surface area contributed by atoms with E-state index in [0.717, 1.165) is 0 Å². The number of hydrogen-bond acceptors (Lipinski definition) is 7. The van der Waals surface area contributed by atoms with Gasteiger partial charge in [-0.3, -0.25) is 29.3 Å². The molecule has 5 atom stereocenters. The van der Waals surface area contributed by atoms with Crippen LogP contribution in [0.15, 0.2) is 24.3 Å². The molecule has 0 fully saturated rings. The molecule has 3 amide bonds. The van der Waals surface area contributed by atoms with Gasteiger partial charge in [0.1, 0.15) is 18.1 Å². The lowest BCUT2D eigenvalue weighted by Gasteiger charge is -2.29. The molecule has 1 aromatic rings. The van der Waals surface area contributed by atoms with E-state index in [1.165, 1.54) is 31.2 Å². The van der Waals surface area contributed by atoms with Gasteiger partial charge in [-0.1, -0.05) is 46.2 Å². The maximum atomic E-state index is 13.0. The molecular formula is C23H35N5O7. The summed E-state index contributed by atoms with van der Waals surface area (Å²) in [6.45, 7) is 8.34. The van der Waals surface area contributed by atoms with Gasteiger partial charge in [-0.2, -0.15) is 0 Å². The van der Waals surface area contributed by atoms with E-state index in [0.29, 0.717) is 12.0 Å². The van der Waals surface area contributed by atoms with Crippen molar-refractivity contribution < 1.29 is 29.2 Å². The number of carbonyl (C=O) groups excluding carboxylic acids is 3. The van der Waals surface area contributed by atoms with Crippen LogP contribution in [0.2, 0.25) is 0 Å². The van der Waals surface area contributed by atoms with Crippen molar-refractivity contribution in [3.05, 3.63) is 39.9 Å². The van der Waals surface area contributed by atoms with Gasteiger partial charge in [-0.25, -0.2) is 0 Å². The number of carbonyl (C=O) groups is 4. The number of amides is 3. The number of hydrogen-bond donors (Lipinski definition) is 5. The van der Waals surface area contributed by atoms with Crippen LogP contribution in [0, 0.1) is 22.0 Å². The highest BCUT2D eigenvalue weighted by Gasteiger charge is 2.33. The summed E-state index contributed by atoms with van der Waals surface area (Å²) in [5, 5.41) is 27.5. The average Bonchev–Trinajstić information content (AvgIpc) is 2.79. The van der Waals surface area contributed by atoms with Crippen LogP contribution >= 0.6 is 0 Å². The summed E-state index contributed by atoms with van der Waals surface area (Å²) in [5.74, 6) is -3.68. The van der Waals surface area contributed by atoms with Crippen molar-refractivity contribution >= 4 is 29.4 Å². The largest absolute Gasteiger partial charge is 0.480 e. The Hall–Kier alpha value is -3.54. The Balaban J connectivity index is 2.90. The van der Waals surface area contributed by atoms with Crippen molar-refractivity contribution in [1.29, 1.82) is 0 Å². The number of nitro groups is 1. The summed E-state index contributed by atoms with van der Waals surface area (Å²) < 4.78 is 0. The molecule has 194 valence electrons. The van der Waals surface area contributed by atoms with Gasteiger partial charge in [0.05, 0.1) is 11.0 Å². The van der Waals surface area contributed by atoms with E-state index in [2.05, 4.69) is 16.0 Å². The van der Waals surface area contributed by atoms with Crippen molar-refractivity contribution in [2.75, 3.05) is 0 Å². The van der Waals surface area contributed by atoms with Gasteiger partial charge in [-0.15, -0.1) is 0 Å². The summed E-state index contributed by atoms with van der Waals surface area (Å²) >= 11 is 0. The first kappa shape index (κ1) is 29.5. The Labute approximate surface area is 204 Å². The number of nitrogens with two attached hydrogens (primary N) is 1. The molecule has 0 aliphatic heterocycles. The Morgan fingerprint density at radius 1 is 0.943 bits per heavy atom. The number of nitrogens with one attached hydrogen (secondary N) is 3. The number of nitrogens with zero attached hydrogens (tertiary/aromatic N) is 1. The third-order valence-corrected chi connectivity index (χ3v) is 5.71. The summed E-state index contributed by atoms with van der Waals surface area (Å²) in [6.07, 6.45) is 0.639. The van der Waals surface area contributed by atoms with Crippen LogP contribution in [0.3, 0.4) is 0 Å². The van der Waals surface area contributed by atoms with Gasteiger partial charge in [0.25, 0.3) is 5.69 Å². The topological polar surface area (TPSA) is 194 Å². The third-order valence-electron chi connectivity index (χ3n) is 5.71. The molecule has 0 unspecified atom stereocenters. The van der Waals surface area contributed by atoms with Gasteiger partial charge in [-0.05, 0) is 30.7 Å². The highest BCUT2D eigenvalue weighted by molar-refractivity contribution is 5.94. The summed E-state index contributed by atoms with van der Waals surface area (Å²) in [5.41, 5.74) is 6.53. The quantitative estimate of drug-likeness (QED) is 0.196. The lowest BCUT2D eigenvalue weighted by molar-refractivity contribution is -0.384. The normalized spacial score (nSPS) is 15.3. The molecule has 12 nitrogen and oxygen atoms in total. The predicted octanol–water partition coefficient (Wildman–Crippen LogP) is 0.726. The zero-order valence-corrected chi connectivity index (χ0v) is 20.6. The Kier molecular flexibility index (Phi) is 11.3. The molecule has 0 saturated carbocycles. The van der Waals surface area contributed by atoms with Gasteiger partial charge in [0, 0.05) is 12.1 Å². The van der Waals surface area contributed by atoms with Crippen LogP contribution in [-0.4, -0.2) is 57.9 Å². The van der Waals surface area contributed by atoms with Crippen molar-refractivity contribution in [3.63, 3.8) is 0 Å². The van der Waals surface area contributed by atoms with Crippen LogP contribution in [0.4, 0.5) is 5.69 Å². The van der Waals surface area contributed by atoms with Crippen LogP contribution in [0.5, 0.6) is 0 Å². The first-order valence-corrected chi connectivity index (χ1v) is 11.4. The Bertz CT molecular complexity index is 919. The van der Waals surface area contributed by atoms with E-state index in [4.69, 9.17) is 10.8 Å².